The van der Waals surface area contributed by atoms with Crippen molar-refractivity contribution in [3.8, 4) is 17.1 Å². The molecular weight excluding hydrogens is 402 g/mol. The van der Waals surface area contributed by atoms with Gasteiger partial charge in [-0.25, -0.2) is 14.8 Å². The fourth-order valence-corrected chi connectivity index (χ4v) is 3.77. The van der Waals surface area contributed by atoms with Crippen molar-refractivity contribution in [3.05, 3.63) is 84.9 Å². The molecule has 1 amide bonds. The van der Waals surface area contributed by atoms with Crippen molar-refractivity contribution >= 4 is 44.9 Å². The predicted molar refractivity (Wildman–Crippen MR) is 125 cm³/mol. The van der Waals surface area contributed by atoms with Crippen LogP contribution in [0.2, 0.25) is 0 Å². The molecule has 32 heavy (non-hydrogen) atoms. The third-order valence-corrected chi connectivity index (χ3v) is 5.30. The van der Waals surface area contributed by atoms with Crippen LogP contribution in [-0.4, -0.2) is 26.0 Å². The Labute approximate surface area is 182 Å². The van der Waals surface area contributed by atoms with Crippen LogP contribution in [0.3, 0.4) is 0 Å². The number of hydrogen-bond donors (Lipinski definition) is 3. The standard InChI is InChI=1S/C25H17N5O2/c31-25(30-24-28-19-7-3-4-8-20(19)29-24)32-18-11-12-21-22(14-18)27-23(26-21)17-10-9-15-5-1-2-6-16(15)13-17/h1-14H,(H,26,27)(H2,28,29,30,31). The quantitative estimate of drug-likeness (QED) is 0.334. The van der Waals surface area contributed by atoms with Crippen molar-refractivity contribution in [2.24, 2.45) is 0 Å². The number of aromatic amines is 2. The summed E-state index contributed by atoms with van der Waals surface area (Å²) in [4.78, 5) is 27.7. The number of para-hydroxylation sites is 2. The zero-order chi connectivity index (χ0) is 21.5. The van der Waals surface area contributed by atoms with Crippen LogP contribution in [0, 0.1) is 0 Å². The molecule has 7 heteroatoms. The third kappa shape index (κ3) is 3.31. The Balaban J connectivity index is 1.23. The minimum Gasteiger partial charge on any atom is -0.410 e. The van der Waals surface area contributed by atoms with Gasteiger partial charge in [0, 0.05) is 11.6 Å². The highest BCUT2D eigenvalue weighted by molar-refractivity contribution is 5.90. The number of anilines is 1. The summed E-state index contributed by atoms with van der Waals surface area (Å²) in [7, 11) is 0. The van der Waals surface area contributed by atoms with Crippen molar-refractivity contribution in [3.63, 3.8) is 0 Å². The fourth-order valence-electron chi connectivity index (χ4n) is 3.77. The van der Waals surface area contributed by atoms with Crippen LogP contribution in [0.4, 0.5) is 10.7 Å². The Morgan fingerprint density at radius 3 is 2.47 bits per heavy atom. The van der Waals surface area contributed by atoms with Gasteiger partial charge in [-0.15, -0.1) is 0 Å². The molecule has 4 aromatic carbocycles. The highest BCUT2D eigenvalue weighted by Crippen LogP contribution is 2.26. The first kappa shape index (κ1) is 18.1. The average Bonchev–Trinajstić information content (AvgIpc) is 3.41. The van der Waals surface area contributed by atoms with Crippen LogP contribution in [0.25, 0.3) is 44.2 Å². The molecule has 0 aliphatic heterocycles. The van der Waals surface area contributed by atoms with E-state index >= 15 is 0 Å². The van der Waals surface area contributed by atoms with Crippen molar-refractivity contribution in [1.82, 2.24) is 19.9 Å². The van der Waals surface area contributed by atoms with E-state index in [1.54, 1.807) is 12.1 Å². The lowest BCUT2D eigenvalue weighted by Gasteiger charge is -2.04. The van der Waals surface area contributed by atoms with Gasteiger partial charge in [0.2, 0.25) is 5.95 Å². The Kier molecular flexibility index (Phi) is 4.11. The molecule has 0 aliphatic carbocycles. The highest BCUT2D eigenvalue weighted by Gasteiger charge is 2.11. The predicted octanol–water partition coefficient (Wildman–Crippen LogP) is 5.87. The summed E-state index contributed by atoms with van der Waals surface area (Å²) in [5.74, 6) is 1.49. The van der Waals surface area contributed by atoms with E-state index in [4.69, 9.17) is 4.74 Å². The van der Waals surface area contributed by atoms with E-state index in [-0.39, 0.29) is 0 Å². The summed E-state index contributed by atoms with van der Waals surface area (Å²) in [5.41, 5.74) is 4.16. The molecule has 3 N–H and O–H groups in total. The number of H-pyrrole nitrogens is 2. The van der Waals surface area contributed by atoms with Crippen molar-refractivity contribution in [2.45, 2.75) is 0 Å². The van der Waals surface area contributed by atoms with Gasteiger partial charge in [0.1, 0.15) is 11.6 Å². The third-order valence-electron chi connectivity index (χ3n) is 5.30. The van der Waals surface area contributed by atoms with Gasteiger partial charge >= 0.3 is 6.09 Å². The first-order chi connectivity index (χ1) is 15.7. The number of ether oxygens (including phenoxy) is 1. The van der Waals surface area contributed by atoms with Crippen LogP contribution in [0.5, 0.6) is 5.75 Å². The molecule has 0 radical (unpaired) electrons. The summed E-state index contributed by atoms with van der Waals surface area (Å²) in [6.45, 7) is 0. The molecule has 0 atom stereocenters. The number of rotatable bonds is 3. The number of imidazole rings is 2. The molecule has 0 saturated carbocycles. The van der Waals surface area contributed by atoms with Crippen LogP contribution in [0.15, 0.2) is 84.9 Å². The molecule has 0 aliphatic rings. The van der Waals surface area contributed by atoms with Crippen LogP contribution in [-0.2, 0) is 0 Å². The van der Waals surface area contributed by atoms with Gasteiger partial charge in [-0.1, -0.05) is 48.5 Å². The monoisotopic (exact) mass is 419 g/mol. The van der Waals surface area contributed by atoms with Crippen LogP contribution >= 0.6 is 0 Å². The molecule has 7 nitrogen and oxygen atoms in total. The van der Waals surface area contributed by atoms with Gasteiger partial charge in [0.15, 0.2) is 0 Å². The van der Waals surface area contributed by atoms with Gasteiger partial charge in [0.25, 0.3) is 0 Å². The normalized spacial score (nSPS) is 11.2. The smallest absolute Gasteiger partial charge is 0.410 e. The summed E-state index contributed by atoms with van der Waals surface area (Å²) < 4.78 is 5.44. The molecule has 2 heterocycles. The molecule has 6 aromatic rings. The second-order valence-corrected chi connectivity index (χ2v) is 7.44. The van der Waals surface area contributed by atoms with E-state index < -0.39 is 6.09 Å². The Morgan fingerprint density at radius 2 is 1.56 bits per heavy atom. The van der Waals surface area contributed by atoms with Gasteiger partial charge in [-0.05, 0) is 41.1 Å². The first-order valence-corrected chi connectivity index (χ1v) is 10.1. The summed E-state index contributed by atoms with van der Waals surface area (Å²) in [6, 6.07) is 27.2. The van der Waals surface area contributed by atoms with E-state index in [2.05, 4.69) is 49.5 Å². The molecule has 0 spiro atoms. The molecule has 2 aromatic heterocycles. The Hall–Kier alpha value is -4.65. The zero-order valence-electron chi connectivity index (χ0n) is 16.8. The number of nitrogens with one attached hydrogen (secondary N) is 3. The molecule has 0 bridgehead atoms. The number of carbonyl (C=O) groups excluding carboxylic acids is 1. The van der Waals surface area contributed by atoms with Crippen LogP contribution in [0.1, 0.15) is 0 Å². The van der Waals surface area contributed by atoms with E-state index in [1.807, 2.05) is 48.5 Å². The average molecular weight is 419 g/mol. The lowest BCUT2D eigenvalue weighted by molar-refractivity contribution is 0.215. The number of carbonyl (C=O) groups is 1. The van der Waals surface area contributed by atoms with Crippen molar-refractivity contribution < 1.29 is 9.53 Å². The number of aromatic nitrogens is 4. The molecule has 154 valence electrons. The van der Waals surface area contributed by atoms with Gasteiger partial charge in [-0.3, -0.25) is 5.32 Å². The summed E-state index contributed by atoms with van der Waals surface area (Å²) >= 11 is 0. The zero-order valence-corrected chi connectivity index (χ0v) is 16.8. The number of amides is 1. The maximum Gasteiger partial charge on any atom is 0.419 e. The number of benzene rings is 4. The number of nitrogens with zero attached hydrogens (tertiary/aromatic N) is 2. The topological polar surface area (TPSA) is 95.7 Å². The lowest BCUT2D eigenvalue weighted by Crippen LogP contribution is -2.17. The highest BCUT2D eigenvalue weighted by atomic mass is 16.6. The summed E-state index contributed by atoms with van der Waals surface area (Å²) in [5, 5.41) is 4.95. The maximum absolute atomic E-state index is 12.3. The van der Waals surface area contributed by atoms with E-state index in [9.17, 15) is 4.79 Å². The number of hydrogen-bond acceptors (Lipinski definition) is 4. The van der Waals surface area contributed by atoms with E-state index in [0.717, 1.165) is 38.8 Å². The van der Waals surface area contributed by atoms with Crippen molar-refractivity contribution in [1.29, 1.82) is 0 Å². The second-order valence-electron chi connectivity index (χ2n) is 7.44. The molecule has 0 saturated heterocycles. The molecule has 6 rings (SSSR count). The van der Waals surface area contributed by atoms with E-state index in [0.29, 0.717) is 11.7 Å². The van der Waals surface area contributed by atoms with E-state index in [1.165, 1.54) is 5.39 Å². The minimum atomic E-state index is -0.627. The molecular formula is C25H17N5O2. The second kappa shape index (κ2) is 7.24. The fraction of sp³-hybridized carbons (Fsp3) is 0. The van der Waals surface area contributed by atoms with Gasteiger partial charge in [-0.2, -0.15) is 0 Å². The van der Waals surface area contributed by atoms with Crippen molar-refractivity contribution in [2.75, 3.05) is 5.32 Å². The molecule has 0 fully saturated rings. The Morgan fingerprint density at radius 1 is 0.750 bits per heavy atom. The lowest BCUT2D eigenvalue weighted by atomic mass is 10.1. The maximum atomic E-state index is 12.3. The van der Waals surface area contributed by atoms with Crippen LogP contribution < -0.4 is 10.1 Å². The summed E-state index contributed by atoms with van der Waals surface area (Å²) in [6.07, 6.45) is -0.627. The SMILES string of the molecule is O=C(Nc1nc2ccccc2[nH]1)Oc1ccc2nc(-c3ccc4ccccc4c3)[nH]c2c1. The number of fused-ring (bicyclic) bond motifs is 3. The largest absolute Gasteiger partial charge is 0.419 e. The van der Waals surface area contributed by atoms with Gasteiger partial charge in [0.05, 0.1) is 22.1 Å². The Bertz CT molecular complexity index is 1580. The molecule has 0 unspecified atom stereocenters. The first-order valence-electron chi connectivity index (χ1n) is 10.1. The van der Waals surface area contributed by atoms with Gasteiger partial charge < -0.3 is 14.7 Å². The minimum absolute atomic E-state index is 0.331.